The Bertz CT molecular complexity index is 1220. The molecule has 0 N–H and O–H groups in total. The molecule has 1 heterocycles. The number of fused-ring (bicyclic) bond motifs is 1. The minimum Gasteiger partial charge on any atom is -0.465 e. The number of carbonyl (C=O) groups excluding carboxylic acids is 2. The van der Waals surface area contributed by atoms with Crippen LogP contribution in [0.15, 0.2) is 54.7 Å². The van der Waals surface area contributed by atoms with E-state index < -0.39 is 27.9 Å². The predicted octanol–water partition coefficient (Wildman–Crippen LogP) is 3.97. The van der Waals surface area contributed by atoms with E-state index in [4.69, 9.17) is 16.3 Å². The molecule has 0 spiro atoms. The number of methoxy groups -OCH3 is 1. The summed E-state index contributed by atoms with van der Waals surface area (Å²) in [6.07, 6.45) is 2.63. The van der Waals surface area contributed by atoms with Crippen molar-refractivity contribution in [2.75, 3.05) is 17.7 Å². The Kier molecular flexibility index (Phi) is 6.19. The highest BCUT2D eigenvalue weighted by Gasteiger charge is 2.33. The zero-order chi connectivity index (χ0) is 22.1. The van der Waals surface area contributed by atoms with Gasteiger partial charge in [-0.2, -0.15) is 0 Å². The summed E-state index contributed by atoms with van der Waals surface area (Å²) >= 11 is 6.05. The number of carbonyl (C=O) groups is 2. The summed E-state index contributed by atoms with van der Waals surface area (Å²) in [6, 6.07) is 12.1. The number of rotatable bonds is 6. The summed E-state index contributed by atoms with van der Waals surface area (Å²) in [4.78, 5) is 25.7. The SMILES string of the molecule is CC[C@H](C(=O)n1cc(C(=O)OC)c2ccccc21)N(c1cccc(Cl)c1)S(C)(=O)=O. The van der Waals surface area contributed by atoms with Gasteiger partial charge in [-0.3, -0.25) is 13.7 Å². The summed E-state index contributed by atoms with van der Waals surface area (Å²) in [5.41, 5.74) is 1.00. The first-order chi connectivity index (χ1) is 14.2. The summed E-state index contributed by atoms with van der Waals surface area (Å²) in [5.74, 6) is -1.07. The third-order valence-corrected chi connectivity index (χ3v) is 6.14. The maximum Gasteiger partial charge on any atom is 0.340 e. The number of hydrogen-bond acceptors (Lipinski definition) is 5. The Morgan fingerprint density at radius 3 is 2.47 bits per heavy atom. The van der Waals surface area contributed by atoms with Crippen LogP contribution < -0.4 is 4.31 Å². The van der Waals surface area contributed by atoms with Crippen LogP contribution in [0.5, 0.6) is 0 Å². The highest BCUT2D eigenvalue weighted by atomic mass is 35.5. The van der Waals surface area contributed by atoms with E-state index in [-0.39, 0.29) is 17.7 Å². The molecule has 158 valence electrons. The Labute approximate surface area is 179 Å². The van der Waals surface area contributed by atoms with Gasteiger partial charge in [0.25, 0.3) is 5.91 Å². The summed E-state index contributed by atoms with van der Waals surface area (Å²) < 4.78 is 32.5. The molecule has 7 nitrogen and oxygen atoms in total. The quantitative estimate of drug-likeness (QED) is 0.532. The molecule has 0 saturated heterocycles. The van der Waals surface area contributed by atoms with Gasteiger partial charge in [0, 0.05) is 16.6 Å². The Hall–Kier alpha value is -2.84. The average Bonchev–Trinajstić information content (AvgIpc) is 3.09. The van der Waals surface area contributed by atoms with Gasteiger partial charge in [0.05, 0.1) is 30.1 Å². The van der Waals surface area contributed by atoms with Gasteiger partial charge in [-0.05, 0) is 30.7 Å². The second-order valence-corrected chi connectivity index (χ2v) is 9.02. The number of benzene rings is 2. The molecule has 0 saturated carbocycles. The topological polar surface area (TPSA) is 85.7 Å². The maximum absolute atomic E-state index is 13.5. The van der Waals surface area contributed by atoms with Crippen molar-refractivity contribution in [3.05, 3.63) is 65.3 Å². The number of para-hydroxylation sites is 1. The molecule has 0 amide bonds. The molecule has 0 radical (unpaired) electrons. The van der Waals surface area contributed by atoms with E-state index >= 15 is 0 Å². The second kappa shape index (κ2) is 8.49. The van der Waals surface area contributed by atoms with Crippen LogP contribution in [0.3, 0.4) is 0 Å². The van der Waals surface area contributed by atoms with Gasteiger partial charge < -0.3 is 4.74 Å². The fraction of sp³-hybridized carbons (Fsp3) is 0.238. The van der Waals surface area contributed by atoms with Crippen molar-refractivity contribution in [2.45, 2.75) is 19.4 Å². The Balaban J connectivity index is 2.17. The number of aromatic nitrogens is 1. The lowest BCUT2D eigenvalue weighted by molar-refractivity contribution is 0.0603. The molecule has 3 rings (SSSR count). The van der Waals surface area contributed by atoms with Crippen LogP contribution in [-0.4, -0.2) is 44.3 Å². The number of esters is 1. The van der Waals surface area contributed by atoms with E-state index in [0.717, 1.165) is 10.6 Å². The van der Waals surface area contributed by atoms with Gasteiger partial charge >= 0.3 is 5.97 Å². The molecule has 0 aliphatic rings. The van der Waals surface area contributed by atoms with E-state index in [1.165, 1.54) is 23.9 Å². The molecule has 2 aromatic carbocycles. The van der Waals surface area contributed by atoms with Gasteiger partial charge in [-0.25, -0.2) is 13.2 Å². The Morgan fingerprint density at radius 1 is 1.17 bits per heavy atom. The van der Waals surface area contributed by atoms with Gasteiger partial charge in [-0.15, -0.1) is 0 Å². The van der Waals surface area contributed by atoms with Crippen molar-refractivity contribution in [3.8, 4) is 0 Å². The first kappa shape index (κ1) is 21.9. The van der Waals surface area contributed by atoms with Crippen LogP contribution in [0, 0.1) is 0 Å². The molecule has 30 heavy (non-hydrogen) atoms. The summed E-state index contributed by atoms with van der Waals surface area (Å²) in [7, 11) is -2.56. The van der Waals surface area contributed by atoms with Crippen molar-refractivity contribution in [3.63, 3.8) is 0 Å². The molecule has 0 aliphatic heterocycles. The smallest absolute Gasteiger partial charge is 0.340 e. The summed E-state index contributed by atoms with van der Waals surface area (Å²) in [5, 5.41) is 0.893. The number of anilines is 1. The molecular weight excluding hydrogens is 428 g/mol. The van der Waals surface area contributed by atoms with Crippen molar-refractivity contribution in [1.29, 1.82) is 0 Å². The van der Waals surface area contributed by atoms with E-state index in [0.29, 0.717) is 15.9 Å². The second-order valence-electron chi connectivity index (χ2n) is 6.72. The number of nitrogens with zero attached hydrogens (tertiary/aromatic N) is 2. The number of hydrogen-bond donors (Lipinski definition) is 0. The average molecular weight is 449 g/mol. The first-order valence-electron chi connectivity index (χ1n) is 9.16. The van der Waals surface area contributed by atoms with Gasteiger partial charge in [-0.1, -0.05) is 42.8 Å². The summed E-state index contributed by atoms with van der Waals surface area (Å²) in [6.45, 7) is 1.72. The molecule has 9 heteroatoms. The minimum absolute atomic E-state index is 0.207. The van der Waals surface area contributed by atoms with Crippen molar-refractivity contribution >= 4 is 50.1 Å². The maximum atomic E-state index is 13.5. The van der Waals surface area contributed by atoms with Gasteiger partial charge in [0.15, 0.2) is 0 Å². The van der Waals surface area contributed by atoms with Crippen molar-refractivity contribution in [1.82, 2.24) is 4.57 Å². The molecule has 0 aliphatic carbocycles. The fourth-order valence-corrected chi connectivity index (χ4v) is 4.83. The monoisotopic (exact) mass is 448 g/mol. The number of sulfonamides is 1. The van der Waals surface area contributed by atoms with E-state index in [9.17, 15) is 18.0 Å². The predicted molar refractivity (Wildman–Crippen MR) is 117 cm³/mol. The van der Waals surface area contributed by atoms with Gasteiger partial charge in [0.2, 0.25) is 10.0 Å². The van der Waals surface area contributed by atoms with E-state index in [2.05, 4.69) is 0 Å². The molecule has 1 atom stereocenters. The highest BCUT2D eigenvalue weighted by molar-refractivity contribution is 7.92. The zero-order valence-electron chi connectivity index (χ0n) is 16.7. The molecular formula is C21H21ClN2O5S. The third kappa shape index (κ3) is 4.06. The molecule has 0 unspecified atom stereocenters. The number of halogens is 1. The third-order valence-electron chi connectivity index (χ3n) is 4.73. The lowest BCUT2D eigenvalue weighted by Crippen LogP contribution is -2.46. The lowest BCUT2D eigenvalue weighted by Gasteiger charge is -2.30. The van der Waals surface area contributed by atoms with Crippen LogP contribution in [0.4, 0.5) is 5.69 Å². The van der Waals surface area contributed by atoms with E-state index in [1.54, 1.807) is 49.4 Å². The van der Waals surface area contributed by atoms with Crippen LogP contribution in [0.2, 0.25) is 5.02 Å². The Morgan fingerprint density at radius 2 is 1.87 bits per heavy atom. The van der Waals surface area contributed by atoms with Crippen molar-refractivity contribution < 1.29 is 22.7 Å². The largest absolute Gasteiger partial charge is 0.465 e. The minimum atomic E-state index is -3.82. The molecule has 0 bridgehead atoms. The first-order valence-corrected chi connectivity index (χ1v) is 11.4. The molecule has 1 aromatic heterocycles. The van der Waals surface area contributed by atoms with Crippen LogP contribution >= 0.6 is 11.6 Å². The lowest BCUT2D eigenvalue weighted by atomic mass is 10.1. The zero-order valence-corrected chi connectivity index (χ0v) is 18.3. The van der Waals surface area contributed by atoms with Crippen LogP contribution in [-0.2, 0) is 14.8 Å². The molecule has 3 aromatic rings. The van der Waals surface area contributed by atoms with Gasteiger partial charge in [0.1, 0.15) is 6.04 Å². The normalized spacial score (nSPS) is 12.5. The van der Waals surface area contributed by atoms with Crippen LogP contribution in [0.1, 0.15) is 28.5 Å². The standard InChI is InChI=1S/C21H21ClN2O5S/c1-4-18(24(30(3,27)28)15-9-7-8-14(22)12-15)20(25)23-13-17(21(26)29-2)16-10-5-6-11-19(16)23/h5-13,18H,4H2,1-3H3/t18-/m1/s1. The molecule has 0 fully saturated rings. The number of ether oxygens (including phenoxy) is 1. The van der Waals surface area contributed by atoms with Crippen molar-refractivity contribution in [2.24, 2.45) is 0 Å². The highest BCUT2D eigenvalue weighted by Crippen LogP contribution is 2.28. The fourth-order valence-electron chi connectivity index (χ4n) is 3.45. The van der Waals surface area contributed by atoms with Crippen LogP contribution in [0.25, 0.3) is 10.9 Å². The van der Waals surface area contributed by atoms with E-state index in [1.807, 2.05) is 0 Å².